The molecule has 24 heavy (non-hydrogen) atoms. The fraction of sp³-hybridized carbons (Fsp3) is 0.176. The van der Waals surface area contributed by atoms with Crippen LogP contribution in [0.25, 0.3) is 5.69 Å². The number of benzene rings is 1. The minimum Gasteiger partial charge on any atom is -0.350 e. The topological polar surface area (TPSA) is 81.8 Å². The highest BCUT2D eigenvalue weighted by atomic mass is 16.2. The summed E-state index contributed by atoms with van der Waals surface area (Å²) in [6.45, 7) is 2.47. The number of aromatic nitrogens is 4. The molecule has 2 aromatic heterocycles. The minimum absolute atomic E-state index is 0.195. The van der Waals surface area contributed by atoms with Crippen molar-refractivity contribution in [3.63, 3.8) is 0 Å². The third kappa shape index (κ3) is 3.24. The van der Waals surface area contributed by atoms with Crippen LogP contribution in [-0.2, 0) is 6.54 Å². The first kappa shape index (κ1) is 15.7. The molecule has 3 rings (SSSR count). The third-order valence-electron chi connectivity index (χ3n) is 3.65. The fourth-order valence-electron chi connectivity index (χ4n) is 2.39. The quantitative estimate of drug-likeness (QED) is 0.764. The van der Waals surface area contributed by atoms with E-state index in [1.807, 2.05) is 37.3 Å². The number of carbonyl (C=O) groups is 1. The molecule has 0 saturated carbocycles. The van der Waals surface area contributed by atoms with Crippen molar-refractivity contribution in [3.8, 4) is 5.69 Å². The molecule has 0 fully saturated rings. The van der Waals surface area contributed by atoms with Crippen molar-refractivity contribution in [2.45, 2.75) is 13.5 Å². The SMILES string of the molecule is Cc1c(C(=O)NCCn2ncccc2=O)cnn1-c1ccccc1. The molecule has 0 radical (unpaired) electrons. The Morgan fingerprint density at radius 1 is 1.12 bits per heavy atom. The maximum atomic E-state index is 12.3. The fourth-order valence-corrected chi connectivity index (χ4v) is 2.39. The van der Waals surface area contributed by atoms with E-state index in [1.165, 1.54) is 16.9 Å². The molecule has 7 nitrogen and oxygen atoms in total. The van der Waals surface area contributed by atoms with Crippen LogP contribution in [0.3, 0.4) is 0 Å². The summed E-state index contributed by atoms with van der Waals surface area (Å²) >= 11 is 0. The van der Waals surface area contributed by atoms with Crippen LogP contribution in [0.2, 0.25) is 0 Å². The Morgan fingerprint density at radius 3 is 2.67 bits per heavy atom. The first-order chi connectivity index (χ1) is 11.7. The van der Waals surface area contributed by atoms with E-state index in [0.29, 0.717) is 18.7 Å². The Balaban J connectivity index is 1.67. The maximum Gasteiger partial charge on any atom is 0.266 e. The van der Waals surface area contributed by atoms with Gasteiger partial charge < -0.3 is 5.32 Å². The molecule has 0 bridgehead atoms. The smallest absolute Gasteiger partial charge is 0.266 e. The average molecular weight is 323 g/mol. The highest BCUT2D eigenvalue weighted by molar-refractivity contribution is 5.95. The molecule has 0 saturated heterocycles. The van der Waals surface area contributed by atoms with E-state index in [2.05, 4.69) is 15.5 Å². The second-order valence-corrected chi connectivity index (χ2v) is 5.23. The first-order valence-electron chi connectivity index (χ1n) is 7.57. The average Bonchev–Trinajstić information content (AvgIpc) is 2.99. The van der Waals surface area contributed by atoms with Crippen molar-refractivity contribution in [1.82, 2.24) is 24.9 Å². The Bertz CT molecular complexity index is 899. The lowest BCUT2D eigenvalue weighted by Gasteiger charge is -2.07. The molecule has 1 amide bonds. The van der Waals surface area contributed by atoms with Gasteiger partial charge >= 0.3 is 0 Å². The van der Waals surface area contributed by atoms with Crippen LogP contribution < -0.4 is 10.9 Å². The third-order valence-corrected chi connectivity index (χ3v) is 3.65. The molecule has 0 aliphatic carbocycles. The van der Waals surface area contributed by atoms with Crippen molar-refractivity contribution < 1.29 is 4.79 Å². The standard InChI is InChI=1S/C17H17N5O2/c1-13-15(12-20-22(13)14-6-3-2-4-7-14)17(24)18-10-11-21-16(23)8-5-9-19-21/h2-9,12H,10-11H2,1H3,(H,18,24). The summed E-state index contributed by atoms with van der Waals surface area (Å²) in [7, 11) is 0. The molecule has 0 unspecified atom stereocenters. The van der Waals surface area contributed by atoms with Gasteiger partial charge in [0.05, 0.1) is 29.7 Å². The van der Waals surface area contributed by atoms with E-state index < -0.39 is 0 Å². The van der Waals surface area contributed by atoms with Crippen molar-refractivity contribution >= 4 is 5.91 Å². The number of rotatable bonds is 5. The number of amides is 1. The molecule has 122 valence electrons. The van der Waals surface area contributed by atoms with Gasteiger partial charge in [-0.3, -0.25) is 9.59 Å². The minimum atomic E-state index is -0.223. The van der Waals surface area contributed by atoms with Gasteiger partial charge in [-0.2, -0.15) is 10.2 Å². The molecule has 1 aromatic carbocycles. The van der Waals surface area contributed by atoms with E-state index >= 15 is 0 Å². The Morgan fingerprint density at radius 2 is 1.92 bits per heavy atom. The second-order valence-electron chi connectivity index (χ2n) is 5.23. The zero-order valence-corrected chi connectivity index (χ0v) is 13.2. The van der Waals surface area contributed by atoms with Crippen molar-refractivity contribution in [3.05, 3.63) is 76.5 Å². The summed E-state index contributed by atoms with van der Waals surface area (Å²) in [4.78, 5) is 23.9. The normalized spacial score (nSPS) is 10.5. The molecule has 0 spiro atoms. The van der Waals surface area contributed by atoms with E-state index in [1.54, 1.807) is 16.9 Å². The lowest BCUT2D eigenvalue weighted by molar-refractivity contribution is 0.0951. The molecule has 1 N–H and O–H groups in total. The molecule has 0 atom stereocenters. The number of para-hydroxylation sites is 1. The second kappa shape index (κ2) is 6.91. The van der Waals surface area contributed by atoms with Gasteiger partial charge in [-0.05, 0) is 25.1 Å². The maximum absolute atomic E-state index is 12.3. The van der Waals surface area contributed by atoms with Crippen LogP contribution in [0.15, 0.2) is 59.7 Å². The van der Waals surface area contributed by atoms with Gasteiger partial charge in [-0.1, -0.05) is 18.2 Å². The molecule has 0 aliphatic heterocycles. The highest BCUT2D eigenvalue weighted by Crippen LogP contribution is 2.13. The van der Waals surface area contributed by atoms with Gasteiger partial charge in [0.1, 0.15) is 0 Å². The summed E-state index contributed by atoms with van der Waals surface area (Å²) in [5.41, 5.74) is 1.97. The van der Waals surface area contributed by atoms with Crippen molar-refractivity contribution in [2.75, 3.05) is 6.54 Å². The van der Waals surface area contributed by atoms with Crippen LogP contribution in [0, 0.1) is 6.92 Å². The van der Waals surface area contributed by atoms with Gasteiger partial charge in [-0.25, -0.2) is 9.36 Å². The zero-order valence-electron chi connectivity index (χ0n) is 13.2. The Hall–Kier alpha value is -3.22. The molecule has 3 aromatic rings. The van der Waals surface area contributed by atoms with Crippen LogP contribution >= 0.6 is 0 Å². The van der Waals surface area contributed by atoms with E-state index in [9.17, 15) is 9.59 Å². The lowest BCUT2D eigenvalue weighted by Crippen LogP contribution is -2.31. The summed E-state index contributed by atoms with van der Waals surface area (Å²) < 4.78 is 3.03. The van der Waals surface area contributed by atoms with Gasteiger partial charge in [0, 0.05) is 18.8 Å². The number of hydrogen-bond donors (Lipinski definition) is 1. The Labute approximate surface area is 138 Å². The molecule has 2 heterocycles. The van der Waals surface area contributed by atoms with Gasteiger partial charge in [0.15, 0.2) is 0 Å². The molecular weight excluding hydrogens is 306 g/mol. The van der Waals surface area contributed by atoms with E-state index in [4.69, 9.17) is 0 Å². The predicted octanol–water partition coefficient (Wildman–Crippen LogP) is 1.17. The summed E-state index contributed by atoms with van der Waals surface area (Å²) in [5.74, 6) is -0.223. The predicted molar refractivity (Wildman–Crippen MR) is 89.1 cm³/mol. The van der Waals surface area contributed by atoms with Crippen LogP contribution in [0.4, 0.5) is 0 Å². The monoisotopic (exact) mass is 323 g/mol. The van der Waals surface area contributed by atoms with Crippen LogP contribution in [-0.4, -0.2) is 32.0 Å². The van der Waals surface area contributed by atoms with Gasteiger partial charge in [0.25, 0.3) is 11.5 Å². The van der Waals surface area contributed by atoms with Crippen LogP contribution in [0.1, 0.15) is 16.1 Å². The molecule has 0 aliphatic rings. The van der Waals surface area contributed by atoms with Gasteiger partial charge in [0.2, 0.25) is 0 Å². The van der Waals surface area contributed by atoms with Crippen molar-refractivity contribution in [1.29, 1.82) is 0 Å². The molecule has 7 heteroatoms. The molecular formula is C17H17N5O2. The highest BCUT2D eigenvalue weighted by Gasteiger charge is 2.14. The number of nitrogens with one attached hydrogen (secondary N) is 1. The summed E-state index contributed by atoms with van der Waals surface area (Å²) in [6, 6.07) is 12.6. The summed E-state index contributed by atoms with van der Waals surface area (Å²) in [5, 5.41) is 11.0. The van der Waals surface area contributed by atoms with E-state index in [0.717, 1.165) is 11.4 Å². The Kier molecular flexibility index (Phi) is 4.51. The zero-order chi connectivity index (χ0) is 16.9. The van der Waals surface area contributed by atoms with Crippen LogP contribution in [0.5, 0.6) is 0 Å². The largest absolute Gasteiger partial charge is 0.350 e. The number of hydrogen-bond acceptors (Lipinski definition) is 4. The van der Waals surface area contributed by atoms with E-state index in [-0.39, 0.29) is 11.5 Å². The van der Waals surface area contributed by atoms with Crippen molar-refractivity contribution in [2.24, 2.45) is 0 Å². The summed E-state index contributed by atoms with van der Waals surface area (Å²) in [6.07, 6.45) is 3.09. The number of nitrogens with zero attached hydrogens (tertiary/aromatic N) is 4. The number of carbonyl (C=O) groups excluding carboxylic acids is 1. The first-order valence-corrected chi connectivity index (χ1v) is 7.57. The van der Waals surface area contributed by atoms with Gasteiger partial charge in [-0.15, -0.1) is 0 Å². The lowest BCUT2D eigenvalue weighted by atomic mass is 10.2.